The maximum atomic E-state index is 13.7. The Morgan fingerprint density at radius 3 is 1.90 bits per heavy atom. The van der Waals surface area contributed by atoms with Crippen LogP contribution in [0.25, 0.3) is 0 Å². The Morgan fingerprint density at radius 1 is 0.800 bits per heavy atom. The quantitative estimate of drug-likeness (QED) is 0.404. The Hall–Kier alpha value is -1.94. The van der Waals surface area contributed by atoms with Gasteiger partial charge in [-0.15, -0.1) is 0 Å². The highest BCUT2D eigenvalue weighted by molar-refractivity contribution is 6.32. The van der Waals surface area contributed by atoms with Crippen molar-refractivity contribution in [2.75, 3.05) is 0 Å². The lowest BCUT2D eigenvalue weighted by molar-refractivity contribution is 0.0925. The molecule has 5 heteroatoms. The molecule has 0 saturated carbocycles. The van der Waals surface area contributed by atoms with Crippen molar-refractivity contribution in [3.8, 4) is 0 Å². The lowest BCUT2D eigenvalue weighted by atomic mass is 9.84. The van der Waals surface area contributed by atoms with Crippen molar-refractivity contribution < 1.29 is 4.39 Å². The molecular weight excluding hydrogens is 418 g/mol. The van der Waals surface area contributed by atoms with E-state index in [4.69, 9.17) is 23.2 Å². The maximum Gasteiger partial charge on any atom is 0.213 e. The number of pyridine rings is 1. The van der Waals surface area contributed by atoms with Gasteiger partial charge in [0.1, 0.15) is 0 Å². The normalized spacial score (nSPS) is 23.8. The third-order valence-electron chi connectivity index (χ3n) is 6.64. The molecule has 0 radical (unpaired) electrons. The number of rotatable bonds is 4. The second-order valence-corrected chi connectivity index (χ2v) is 9.15. The van der Waals surface area contributed by atoms with Gasteiger partial charge in [0, 0.05) is 33.7 Å². The summed E-state index contributed by atoms with van der Waals surface area (Å²) in [7, 11) is 0. The highest BCUT2D eigenvalue weighted by Crippen LogP contribution is 2.49. The minimum absolute atomic E-state index is 0.00585. The van der Waals surface area contributed by atoms with Gasteiger partial charge in [0.05, 0.1) is 6.04 Å². The van der Waals surface area contributed by atoms with Crippen LogP contribution in [-0.4, -0.2) is 22.0 Å². The molecule has 3 atom stereocenters. The highest BCUT2D eigenvalue weighted by atomic mass is 35.5. The van der Waals surface area contributed by atoms with E-state index in [0.717, 1.165) is 52.5 Å². The van der Waals surface area contributed by atoms with Gasteiger partial charge in [-0.05, 0) is 61.1 Å². The van der Waals surface area contributed by atoms with Crippen LogP contribution in [0.5, 0.6) is 0 Å². The van der Waals surface area contributed by atoms with E-state index in [1.54, 1.807) is 6.07 Å². The van der Waals surface area contributed by atoms with Crippen LogP contribution in [0, 0.1) is 5.95 Å². The molecule has 0 spiro atoms. The fourth-order valence-electron chi connectivity index (χ4n) is 5.41. The zero-order valence-corrected chi connectivity index (χ0v) is 18.0. The van der Waals surface area contributed by atoms with Crippen molar-refractivity contribution in [1.29, 1.82) is 0 Å². The Kier molecular flexibility index (Phi) is 5.53. The first-order chi connectivity index (χ1) is 14.6. The Morgan fingerprint density at radius 2 is 1.37 bits per heavy atom. The van der Waals surface area contributed by atoms with Crippen molar-refractivity contribution >= 4 is 23.2 Å². The first-order valence-electron chi connectivity index (χ1n) is 10.5. The molecule has 2 aromatic carbocycles. The SMILES string of the molecule is Fc1cccc(C2C[C@H]3CC[C@@H](C2)N3C(c2ccccc2Cl)c2ccccc2Cl)n1. The minimum Gasteiger partial charge on any atom is -0.286 e. The number of halogens is 3. The number of piperidine rings is 1. The number of fused-ring (bicyclic) bond motifs is 2. The molecular formula is C25H23Cl2FN2. The van der Waals surface area contributed by atoms with Gasteiger partial charge in [-0.2, -0.15) is 4.39 Å². The van der Waals surface area contributed by atoms with E-state index in [-0.39, 0.29) is 12.0 Å². The molecule has 154 valence electrons. The number of benzene rings is 2. The highest BCUT2D eigenvalue weighted by Gasteiger charge is 2.46. The molecule has 2 fully saturated rings. The van der Waals surface area contributed by atoms with Crippen molar-refractivity contribution in [3.05, 3.63) is 99.5 Å². The lowest BCUT2D eigenvalue weighted by Crippen LogP contribution is -2.45. The molecule has 3 heterocycles. The van der Waals surface area contributed by atoms with Crippen molar-refractivity contribution in [2.45, 2.75) is 49.7 Å². The van der Waals surface area contributed by atoms with Crippen LogP contribution in [0.4, 0.5) is 4.39 Å². The fraction of sp³-hybridized carbons (Fsp3) is 0.320. The van der Waals surface area contributed by atoms with Gasteiger partial charge in [0.2, 0.25) is 5.95 Å². The van der Waals surface area contributed by atoms with E-state index in [1.165, 1.54) is 6.07 Å². The number of aromatic nitrogens is 1. The number of nitrogens with zero attached hydrogens (tertiary/aromatic N) is 2. The molecule has 2 bridgehead atoms. The number of hydrogen-bond donors (Lipinski definition) is 0. The molecule has 2 saturated heterocycles. The predicted octanol–water partition coefficient (Wildman–Crippen LogP) is 7.03. The summed E-state index contributed by atoms with van der Waals surface area (Å²) < 4.78 is 13.7. The van der Waals surface area contributed by atoms with E-state index in [9.17, 15) is 4.39 Å². The largest absolute Gasteiger partial charge is 0.286 e. The minimum atomic E-state index is -0.396. The Balaban J connectivity index is 1.53. The second kappa shape index (κ2) is 8.30. The summed E-state index contributed by atoms with van der Waals surface area (Å²) in [6, 6.07) is 22.0. The van der Waals surface area contributed by atoms with E-state index in [2.05, 4.69) is 22.0 Å². The van der Waals surface area contributed by atoms with Gasteiger partial charge < -0.3 is 0 Å². The summed E-state index contributed by atoms with van der Waals surface area (Å²) >= 11 is 13.4. The summed E-state index contributed by atoms with van der Waals surface area (Å²) in [5, 5.41) is 1.52. The molecule has 30 heavy (non-hydrogen) atoms. The van der Waals surface area contributed by atoms with E-state index in [1.807, 2.05) is 42.5 Å². The molecule has 1 unspecified atom stereocenters. The summed E-state index contributed by atoms with van der Waals surface area (Å²) in [5.74, 6) is -0.111. The lowest BCUT2D eigenvalue weighted by Gasteiger charge is -2.44. The fourth-order valence-corrected chi connectivity index (χ4v) is 5.89. The Bertz CT molecular complexity index is 997. The zero-order chi connectivity index (χ0) is 20.7. The second-order valence-electron chi connectivity index (χ2n) is 8.33. The molecule has 2 nitrogen and oxygen atoms in total. The van der Waals surface area contributed by atoms with Crippen LogP contribution in [-0.2, 0) is 0 Å². The van der Waals surface area contributed by atoms with Gasteiger partial charge >= 0.3 is 0 Å². The molecule has 0 N–H and O–H groups in total. The van der Waals surface area contributed by atoms with Crippen LogP contribution < -0.4 is 0 Å². The molecule has 5 rings (SSSR count). The van der Waals surface area contributed by atoms with Gasteiger partial charge in [-0.1, -0.05) is 65.7 Å². The first-order valence-corrected chi connectivity index (χ1v) is 11.3. The van der Waals surface area contributed by atoms with Gasteiger partial charge in [-0.25, -0.2) is 4.98 Å². The van der Waals surface area contributed by atoms with Gasteiger partial charge in [-0.3, -0.25) is 4.90 Å². The molecule has 1 aromatic heterocycles. The van der Waals surface area contributed by atoms with Gasteiger partial charge in [0.15, 0.2) is 0 Å². The third kappa shape index (κ3) is 3.64. The van der Waals surface area contributed by atoms with Crippen molar-refractivity contribution in [1.82, 2.24) is 9.88 Å². The average molecular weight is 441 g/mol. The smallest absolute Gasteiger partial charge is 0.213 e. The Labute approximate surface area is 186 Å². The first kappa shape index (κ1) is 20.0. The summed E-state index contributed by atoms with van der Waals surface area (Å²) in [6.07, 6.45) is 4.19. The molecule has 0 amide bonds. The standard InChI is InChI=1S/C25H23Cl2FN2/c26-21-8-3-1-6-19(21)25(20-7-2-4-9-22(20)27)30-17-12-13-18(30)15-16(14-17)23-10-5-11-24(28)29-23/h1-11,16-18,25H,12-15H2/t16?,17-,18+. The molecule has 2 aliphatic rings. The van der Waals surface area contributed by atoms with Crippen molar-refractivity contribution in [2.24, 2.45) is 0 Å². The van der Waals surface area contributed by atoms with E-state index in [0.29, 0.717) is 12.1 Å². The van der Waals surface area contributed by atoms with E-state index >= 15 is 0 Å². The van der Waals surface area contributed by atoms with Crippen LogP contribution in [0.2, 0.25) is 10.0 Å². The maximum absolute atomic E-state index is 13.7. The summed E-state index contributed by atoms with van der Waals surface area (Å²) in [4.78, 5) is 6.79. The zero-order valence-electron chi connectivity index (χ0n) is 16.5. The van der Waals surface area contributed by atoms with Crippen LogP contribution in [0.15, 0.2) is 66.7 Å². The molecule has 2 aliphatic heterocycles. The van der Waals surface area contributed by atoms with E-state index < -0.39 is 5.95 Å². The molecule has 3 aromatic rings. The molecule has 0 aliphatic carbocycles. The van der Waals surface area contributed by atoms with Crippen LogP contribution >= 0.6 is 23.2 Å². The average Bonchev–Trinajstić information content (AvgIpc) is 2.99. The number of hydrogen-bond acceptors (Lipinski definition) is 2. The van der Waals surface area contributed by atoms with Crippen LogP contribution in [0.3, 0.4) is 0 Å². The summed E-state index contributed by atoms with van der Waals surface area (Å²) in [5.41, 5.74) is 3.05. The predicted molar refractivity (Wildman–Crippen MR) is 120 cm³/mol. The van der Waals surface area contributed by atoms with Crippen LogP contribution in [0.1, 0.15) is 54.5 Å². The topological polar surface area (TPSA) is 16.1 Å². The third-order valence-corrected chi connectivity index (χ3v) is 7.33. The monoisotopic (exact) mass is 440 g/mol. The van der Waals surface area contributed by atoms with Gasteiger partial charge in [0.25, 0.3) is 0 Å². The van der Waals surface area contributed by atoms with Crippen molar-refractivity contribution in [3.63, 3.8) is 0 Å². The summed E-state index contributed by atoms with van der Waals surface area (Å²) in [6.45, 7) is 0.